The Kier molecular flexibility index (Phi) is 4.04. The Morgan fingerprint density at radius 2 is 2.22 bits per heavy atom. The van der Waals surface area contributed by atoms with E-state index in [9.17, 15) is 4.79 Å². The molecule has 0 saturated heterocycles. The molecule has 0 aliphatic carbocycles. The monoisotopic (exact) mass is 330 g/mol. The minimum atomic E-state index is -0.150. The van der Waals surface area contributed by atoms with Gasteiger partial charge in [-0.15, -0.1) is 0 Å². The molecule has 1 aromatic carbocycles. The van der Waals surface area contributed by atoms with Gasteiger partial charge >= 0.3 is 0 Å². The van der Waals surface area contributed by atoms with E-state index in [0.717, 1.165) is 16.9 Å². The van der Waals surface area contributed by atoms with Crippen molar-refractivity contribution in [3.8, 4) is 0 Å². The zero-order chi connectivity index (χ0) is 16.6. The van der Waals surface area contributed by atoms with Gasteiger partial charge in [0.2, 0.25) is 0 Å². The number of benzene rings is 1. The highest BCUT2D eigenvalue weighted by atomic mass is 32.1. The Labute approximate surface area is 138 Å². The number of aromatic amines is 1. The predicted octanol–water partition coefficient (Wildman–Crippen LogP) is 3.12. The van der Waals surface area contributed by atoms with E-state index in [0.29, 0.717) is 22.5 Å². The van der Waals surface area contributed by atoms with Gasteiger partial charge in [0.1, 0.15) is 0 Å². The molecule has 0 spiro atoms. The maximum atomic E-state index is 12.4. The van der Waals surface area contributed by atoms with Gasteiger partial charge in [-0.2, -0.15) is 5.10 Å². The molecule has 2 aromatic heterocycles. The molecule has 0 saturated carbocycles. The quantitative estimate of drug-likeness (QED) is 0.721. The van der Waals surface area contributed by atoms with E-state index in [2.05, 4.69) is 15.4 Å². The second-order valence-corrected chi connectivity index (χ2v) is 6.08. The summed E-state index contributed by atoms with van der Waals surface area (Å²) in [5.41, 5.74) is 3.95. The molecule has 6 nitrogen and oxygen atoms in total. The van der Waals surface area contributed by atoms with Crippen LogP contribution in [0.1, 0.15) is 28.7 Å². The maximum absolute atomic E-state index is 12.4. The van der Waals surface area contributed by atoms with Crippen LogP contribution in [-0.2, 0) is 6.54 Å². The van der Waals surface area contributed by atoms with Crippen molar-refractivity contribution in [3.05, 3.63) is 46.1 Å². The van der Waals surface area contributed by atoms with Crippen LogP contribution in [0.2, 0.25) is 0 Å². The van der Waals surface area contributed by atoms with Gasteiger partial charge in [0.15, 0.2) is 5.58 Å². The summed E-state index contributed by atoms with van der Waals surface area (Å²) in [7, 11) is 0. The Hall–Kier alpha value is -2.41. The molecule has 0 aliphatic rings. The van der Waals surface area contributed by atoms with Gasteiger partial charge in [-0.1, -0.05) is 0 Å². The Morgan fingerprint density at radius 3 is 2.91 bits per heavy atom. The van der Waals surface area contributed by atoms with Crippen molar-refractivity contribution in [3.63, 3.8) is 0 Å². The number of aromatic nitrogens is 3. The fraction of sp³-hybridized carbons (Fsp3) is 0.312. The van der Waals surface area contributed by atoms with E-state index in [4.69, 9.17) is 16.6 Å². The molecule has 2 heterocycles. The van der Waals surface area contributed by atoms with Crippen molar-refractivity contribution >= 4 is 29.2 Å². The highest BCUT2D eigenvalue weighted by Gasteiger charge is 2.13. The number of hydrogen-bond acceptors (Lipinski definition) is 4. The van der Waals surface area contributed by atoms with Crippen LogP contribution in [0.4, 0.5) is 0 Å². The van der Waals surface area contributed by atoms with Gasteiger partial charge in [-0.3, -0.25) is 9.48 Å². The van der Waals surface area contributed by atoms with Crippen molar-refractivity contribution in [2.24, 2.45) is 0 Å². The van der Waals surface area contributed by atoms with Gasteiger partial charge in [0.25, 0.3) is 10.7 Å². The van der Waals surface area contributed by atoms with Crippen LogP contribution in [0, 0.1) is 18.7 Å². The third-order valence-electron chi connectivity index (χ3n) is 3.61. The first kappa shape index (κ1) is 15.5. The highest BCUT2D eigenvalue weighted by Crippen LogP contribution is 2.15. The molecule has 0 bridgehead atoms. The van der Waals surface area contributed by atoms with Crippen LogP contribution in [0.25, 0.3) is 11.1 Å². The first-order valence-corrected chi connectivity index (χ1v) is 7.78. The molecule has 3 rings (SSSR count). The number of aryl methyl sites for hydroxylation is 2. The van der Waals surface area contributed by atoms with Crippen LogP contribution < -0.4 is 5.32 Å². The number of rotatable bonds is 4. The summed E-state index contributed by atoms with van der Waals surface area (Å²) in [6, 6.07) is 7.19. The normalized spacial score (nSPS) is 12.5. The summed E-state index contributed by atoms with van der Waals surface area (Å²) in [4.78, 5) is 15.6. The van der Waals surface area contributed by atoms with Crippen LogP contribution >= 0.6 is 12.2 Å². The largest absolute Gasteiger partial charge is 0.429 e. The number of fused-ring (bicyclic) bond motifs is 1. The number of H-pyrrole nitrogens is 1. The van der Waals surface area contributed by atoms with E-state index < -0.39 is 0 Å². The molecule has 2 N–H and O–H groups in total. The van der Waals surface area contributed by atoms with Gasteiger partial charge in [-0.25, -0.2) is 0 Å². The smallest absolute Gasteiger partial charge is 0.266 e. The second-order valence-electron chi connectivity index (χ2n) is 5.71. The third-order valence-corrected chi connectivity index (χ3v) is 3.80. The molecule has 0 radical (unpaired) electrons. The van der Waals surface area contributed by atoms with Gasteiger partial charge in [0, 0.05) is 17.3 Å². The lowest BCUT2D eigenvalue weighted by atomic mass is 10.2. The molecule has 120 valence electrons. The lowest BCUT2D eigenvalue weighted by Gasteiger charge is -2.15. The highest BCUT2D eigenvalue weighted by molar-refractivity contribution is 7.71. The maximum Gasteiger partial charge on any atom is 0.266 e. The zero-order valence-electron chi connectivity index (χ0n) is 13.2. The number of nitrogens with zero attached hydrogens (tertiary/aromatic N) is 2. The third kappa shape index (κ3) is 3.34. The Balaban J connectivity index is 1.71. The van der Waals surface area contributed by atoms with Crippen molar-refractivity contribution in [1.29, 1.82) is 0 Å². The molecular weight excluding hydrogens is 312 g/mol. The minimum absolute atomic E-state index is 0.0473. The lowest BCUT2D eigenvalue weighted by molar-refractivity contribution is 0.0936. The van der Waals surface area contributed by atoms with Crippen molar-refractivity contribution < 1.29 is 9.21 Å². The summed E-state index contributed by atoms with van der Waals surface area (Å²) in [5, 5.41) is 7.38. The second kappa shape index (κ2) is 6.00. The van der Waals surface area contributed by atoms with E-state index in [1.165, 1.54) is 0 Å². The fourth-order valence-corrected chi connectivity index (χ4v) is 2.76. The van der Waals surface area contributed by atoms with Crippen LogP contribution in [0.5, 0.6) is 0 Å². The van der Waals surface area contributed by atoms with Crippen molar-refractivity contribution in [2.45, 2.75) is 33.4 Å². The summed E-state index contributed by atoms with van der Waals surface area (Å²) in [6.07, 6.45) is 0. The summed E-state index contributed by atoms with van der Waals surface area (Å²) >= 11 is 4.95. The number of oxazole rings is 1. The van der Waals surface area contributed by atoms with Crippen molar-refractivity contribution in [2.75, 3.05) is 0 Å². The molecule has 1 amide bonds. The molecule has 0 aliphatic heterocycles. The van der Waals surface area contributed by atoms with Crippen LogP contribution in [-0.4, -0.2) is 26.7 Å². The predicted molar refractivity (Wildman–Crippen MR) is 90.0 cm³/mol. The van der Waals surface area contributed by atoms with Gasteiger partial charge < -0.3 is 14.7 Å². The molecule has 7 heteroatoms. The SMILES string of the molecule is Cc1cc(C)n(C[C@H](C)NC(=O)c2ccc3[nH]c(=S)oc3c2)n1. The number of nitrogens with one attached hydrogen (secondary N) is 2. The first-order valence-electron chi connectivity index (χ1n) is 7.37. The molecule has 3 aromatic rings. The first-order chi connectivity index (χ1) is 10.9. The molecule has 0 fully saturated rings. The van der Waals surface area contributed by atoms with E-state index in [-0.39, 0.29) is 11.9 Å². The summed E-state index contributed by atoms with van der Waals surface area (Å²) < 4.78 is 7.24. The van der Waals surface area contributed by atoms with Gasteiger partial charge in [0.05, 0.1) is 17.8 Å². The number of carbonyl (C=O) groups excluding carboxylic acids is 1. The standard InChI is InChI=1S/C16H18N4O2S/c1-9-6-11(3)20(19-9)8-10(2)17-15(21)12-4-5-13-14(7-12)22-16(23)18-13/h4-7,10H,8H2,1-3H3,(H,17,21)(H,18,23)/t10-/m0/s1. The van der Waals surface area contributed by atoms with Crippen LogP contribution in [0.3, 0.4) is 0 Å². The van der Waals surface area contributed by atoms with Crippen LogP contribution in [0.15, 0.2) is 28.7 Å². The van der Waals surface area contributed by atoms with E-state index in [1.807, 2.05) is 31.5 Å². The van der Waals surface area contributed by atoms with E-state index in [1.54, 1.807) is 18.2 Å². The number of amides is 1. The Bertz CT molecular complexity index is 922. The number of carbonyl (C=O) groups is 1. The van der Waals surface area contributed by atoms with Gasteiger partial charge in [-0.05, 0) is 57.3 Å². The average Bonchev–Trinajstić information content (AvgIpc) is 2.99. The average molecular weight is 330 g/mol. The topological polar surface area (TPSA) is 75.8 Å². The number of hydrogen-bond donors (Lipinski definition) is 2. The molecular formula is C16H18N4O2S. The van der Waals surface area contributed by atoms with Crippen molar-refractivity contribution in [1.82, 2.24) is 20.1 Å². The summed E-state index contributed by atoms with van der Waals surface area (Å²) in [5.74, 6) is -0.150. The minimum Gasteiger partial charge on any atom is -0.429 e. The fourth-order valence-electron chi connectivity index (χ4n) is 2.56. The molecule has 0 unspecified atom stereocenters. The van der Waals surface area contributed by atoms with E-state index >= 15 is 0 Å². The zero-order valence-corrected chi connectivity index (χ0v) is 14.0. The summed E-state index contributed by atoms with van der Waals surface area (Å²) in [6.45, 7) is 6.53. The Morgan fingerprint density at radius 1 is 1.43 bits per heavy atom. The molecule has 23 heavy (non-hydrogen) atoms. The lowest BCUT2D eigenvalue weighted by Crippen LogP contribution is -2.36. The molecule has 1 atom stereocenters.